The van der Waals surface area contributed by atoms with Gasteiger partial charge < -0.3 is 15.0 Å². The van der Waals surface area contributed by atoms with Crippen LogP contribution in [-0.4, -0.2) is 39.6 Å². The number of hydrogen-bond acceptors (Lipinski definition) is 4. The molecule has 0 fully saturated rings. The van der Waals surface area contributed by atoms with E-state index in [-0.39, 0.29) is 36.9 Å². The fourth-order valence-electron chi connectivity index (χ4n) is 3.86. The lowest BCUT2D eigenvalue weighted by atomic mass is 9.92. The Kier molecular flexibility index (Phi) is 8.26. The van der Waals surface area contributed by atoms with Crippen LogP contribution in [-0.2, 0) is 21.5 Å². The third kappa shape index (κ3) is 7.09. The molecule has 2 amide bonds. The SMILES string of the molecule is Cc1ccc(-n2nc(C(C)(C)C)cc2NC(=O)CN(Cc2ccccc2)C(=O)COc2ccccc2)cc1. The van der Waals surface area contributed by atoms with Crippen molar-refractivity contribution >= 4 is 17.6 Å². The quantitative estimate of drug-likeness (QED) is 0.322. The largest absolute Gasteiger partial charge is 0.484 e. The number of rotatable bonds is 9. The van der Waals surface area contributed by atoms with Crippen LogP contribution >= 0.6 is 0 Å². The van der Waals surface area contributed by atoms with Gasteiger partial charge in [-0.25, -0.2) is 4.68 Å². The molecule has 7 nitrogen and oxygen atoms in total. The molecule has 1 heterocycles. The van der Waals surface area contributed by atoms with Gasteiger partial charge >= 0.3 is 0 Å². The first-order valence-corrected chi connectivity index (χ1v) is 12.7. The zero-order valence-corrected chi connectivity index (χ0v) is 22.3. The number of aryl methyl sites for hydroxylation is 1. The van der Waals surface area contributed by atoms with E-state index in [4.69, 9.17) is 9.84 Å². The number of hydrogen-bond donors (Lipinski definition) is 1. The predicted molar refractivity (Wildman–Crippen MR) is 149 cm³/mol. The average Bonchev–Trinajstić information content (AvgIpc) is 3.33. The van der Waals surface area contributed by atoms with E-state index in [0.717, 1.165) is 22.5 Å². The van der Waals surface area contributed by atoms with Crippen LogP contribution in [0, 0.1) is 6.92 Å². The lowest BCUT2D eigenvalue weighted by Gasteiger charge is -2.22. The van der Waals surface area contributed by atoms with Crippen molar-refractivity contribution in [3.63, 3.8) is 0 Å². The standard InChI is InChI=1S/C31H34N4O3/c1-23-15-17-25(18-16-23)35-28(19-27(33-35)31(2,3)4)32-29(36)21-34(20-24-11-7-5-8-12-24)30(37)22-38-26-13-9-6-10-14-26/h5-19H,20-22H2,1-4H3,(H,32,36). The highest BCUT2D eigenvalue weighted by Crippen LogP contribution is 2.26. The smallest absolute Gasteiger partial charge is 0.261 e. The molecule has 0 spiro atoms. The third-order valence-electron chi connectivity index (χ3n) is 6.03. The second kappa shape index (κ2) is 11.8. The molecule has 0 atom stereocenters. The highest BCUT2D eigenvalue weighted by atomic mass is 16.5. The number of nitrogens with one attached hydrogen (secondary N) is 1. The van der Waals surface area contributed by atoms with Gasteiger partial charge in [0.1, 0.15) is 18.1 Å². The van der Waals surface area contributed by atoms with Crippen LogP contribution in [0.2, 0.25) is 0 Å². The number of para-hydroxylation sites is 1. The van der Waals surface area contributed by atoms with Gasteiger partial charge in [-0.2, -0.15) is 5.10 Å². The second-order valence-corrected chi connectivity index (χ2v) is 10.3. The molecule has 0 aliphatic carbocycles. The molecular formula is C31H34N4O3. The summed E-state index contributed by atoms with van der Waals surface area (Å²) in [5.41, 5.74) is 3.54. The van der Waals surface area contributed by atoms with E-state index in [1.165, 1.54) is 4.90 Å². The lowest BCUT2D eigenvalue weighted by Crippen LogP contribution is -2.40. The Labute approximate surface area is 224 Å². The minimum atomic E-state index is -0.317. The summed E-state index contributed by atoms with van der Waals surface area (Å²) in [7, 11) is 0. The number of anilines is 1. The van der Waals surface area contributed by atoms with Crippen LogP contribution in [0.4, 0.5) is 5.82 Å². The molecule has 7 heteroatoms. The first-order valence-electron chi connectivity index (χ1n) is 12.7. The summed E-state index contributed by atoms with van der Waals surface area (Å²) in [4.78, 5) is 28.0. The van der Waals surface area contributed by atoms with Crippen molar-refractivity contribution in [3.8, 4) is 11.4 Å². The van der Waals surface area contributed by atoms with Crippen molar-refractivity contribution in [2.75, 3.05) is 18.5 Å². The van der Waals surface area contributed by atoms with Crippen LogP contribution in [0.3, 0.4) is 0 Å². The van der Waals surface area contributed by atoms with Gasteiger partial charge in [0.05, 0.1) is 11.4 Å². The summed E-state index contributed by atoms with van der Waals surface area (Å²) in [5, 5.41) is 7.77. The maximum Gasteiger partial charge on any atom is 0.261 e. The van der Waals surface area contributed by atoms with Gasteiger partial charge in [-0.15, -0.1) is 0 Å². The molecule has 0 bridgehead atoms. The molecule has 4 rings (SSSR count). The summed E-state index contributed by atoms with van der Waals surface area (Å²) < 4.78 is 7.41. The number of amides is 2. The molecule has 1 N–H and O–H groups in total. The van der Waals surface area contributed by atoms with Gasteiger partial charge in [0, 0.05) is 18.0 Å². The number of carbonyl (C=O) groups is 2. The van der Waals surface area contributed by atoms with E-state index in [1.807, 2.05) is 85.8 Å². The molecule has 0 unspecified atom stereocenters. The molecule has 38 heavy (non-hydrogen) atoms. The predicted octanol–water partition coefficient (Wildman–Crippen LogP) is 5.52. The topological polar surface area (TPSA) is 76.5 Å². The summed E-state index contributed by atoms with van der Waals surface area (Å²) in [6, 6.07) is 28.6. The van der Waals surface area contributed by atoms with Crippen molar-refractivity contribution in [1.29, 1.82) is 0 Å². The number of ether oxygens (including phenoxy) is 1. The van der Waals surface area contributed by atoms with Crippen LogP contribution in [0.5, 0.6) is 5.75 Å². The molecule has 3 aromatic carbocycles. The Hall–Kier alpha value is -4.39. The average molecular weight is 511 g/mol. The molecule has 0 aliphatic heterocycles. The Morgan fingerprint density at radius 3 is 2.18 bits per heavy atom. The molecule has 4 aromatic rings. The molecule has 0 saturated heterocycles. The molecule has 1 aromatic heterocycles. The van der Waals surface area contributed by atoms with Gasteiger partial charge in [-0.3, -0.25) is 9.59 Å². The Balaban J connectivity index is 1.54. The maximum atomic E-state index is 13.3. The van der Waals surface area contributed by atoms with E-state index in [1.54, 1.807) is 16.8 Å². The zero-order valence-electron chi connectivity index (χ0n) is 22.3. The molecule has 0 radical (unpaired) electrons. The maximum absolute atomic E-state index is 13.3. The van der Waals surface area contributed by atoms with E-state index >= 15 is 0 Å². The van der Waals surface area contributed by atoms with Crippen LogP contribution in [0.15, 0.2) is 91.0 Å². The number of aromatic nitrogens is 2. The Morgan fingerprint density at radius 2 is 1.55 bits per heavy atom. The van der Waals surface area contributed by atoms with Crippen molar-refractivity contribution in [3.05, 3.63) is 108 Å². The second-order valence-electron chi connectivity index (χ2n) is 10.3. The Morgan fingerprint density at radius 1 is 0.921 bits per heavy atom. The third-order valence-corrected chi connectivity index (χ3v) is 6.03. The fraction of sp³-hybridized carbons (Fsp3) is 0.258. The number of benzene rings is 3. The first kappa shape index (κ1) is 26.7. The normalized spacial score (nSPS) is 11.2. The summed E-state index contributed by atoms with van der Waals surface area (Å²) >= 11 is 0. The van der Waals surface area contributed by atoms with Crippen molar-refractivity contribution in [1.82, 2.24) is 14.7 Å². The highest BCUT2D eigenvalue weighted by Gasteiger charge is 2.23. The van der Waals surface area contributed by atoms with Gasteiger partial charge in [0.15, 0.2) is 6.61 Å². The minimum absolute atomic E-state index is 0.129. The van der Waals surface area contributed by atoms with Crippen LogP contribution < -0.4 is 10.1 Å². The van der Waals surface area contributed by atoms with Gasteiger partial charge in [0.2, 0.25) is 5.91 Å². The summed E-state index contributed by atoms with van der Waals surface area (Å²) in [6.07, 6.45) is 0. The van der Waals surface area contributed by atoms with Gasteiger partial charge in [-0.05, 0) is 36.8 Å². The highest BCUT2D eigenvalue weighted by molar-refractivity contribution is 5.94. The summed E-state index contributed by atoms with van der Waals surface area (Å²) in [5.74, 6) is 0.552. The first-order chi connectivity index (χ1) is 18.2. The monoisotopic (exact) mass is 510 g/mol. The lowest BCUT2D eigenvalue weighted by molar-refractivity contribution is -0.137. The van der Waals surface area contributed by atoms with E-state index in [2.05, 4.69) is 26.1 Å². The van der Waals surface area contributed by atoms with Crippen molar-refractivity contribution in [2.24, 2.45) is 0 Å². The molecule has 196 valence electrons. The van der Waals surface area contributed by atoms with E-state index in [9.17, 15) is 9.59 Å². The van der Waals surface area contributed by atoms with Gasteiger partial charge in [-0.1, -0.05) is 87.0 Å². The van der Waals surface area contributed by atoms with Crippen molar-refractivity contribution in [2.45, 2.75) is 39.7 Å². The van der Waals surface area contributed by atoms with Crippen molar-refractivity contribution < 1.29 is 14.3 Å². The number of carbonyl (C=O) groups excluding carboxylic acids is 2. The van der Waals surface area contributed by atoms with E-state index in [0.29, 0.717) is 11.6 Å². The molecule has 0 saturated carbocycles. The number of nitrogens with zero attached hydrogens (tertiary/aromatic N) is 3. The molecule has 0 aliphatic rings. The van der Waals surface area contributed by atoms with Crippen LogP contribution in [0.1, 0.15) is 37.6 Å². The van der Waals surface area contributed by atoms with Gasteiger partial charge in [0.25, 0.3) is 5.91 Å². The zero-order chi connectivity index (χ0) is 27.1. The summed E-state index contributed by atoms with van der Waals surface area (Å²) in [6.45, 7) is 8.25. The Bertz CT molecular complexity index is 1360. The van der Waals surface area contributed by atoms with Crippen LogP contribution in [0.25, 0.3) is 5.69 Å². The van der Waals surface area contributed by atoms with E-state index < -0.39 is 0 Å². The fourth-order valence-corrected chi connectivity index (χ4v) is 3.86. The molecular weight excluding hydrogens is 476 g/mol. The minimum Gasteiger partial charge on any atom is -0.484 e.